The van der Waals surface area contributed by atoms with Crippen molar-refractivity contribution in [2.75, 3.05) is 24.7 Å². The Morgan fingerprint density at radius 3 is 2.47 bits per heavy atom. The monoisotopic (exact) mass is 282 g/mol. The summed E-state index contributed by atoms with van der Waals surface area (Å²) < 4.78 is 10.4. The highest BCUT2D eigenvalue weighted by Crippen LogP contribution is 2.09. The zero-order valence-electron chi connectivity index (χ0n) is 11.0. The number of rotatable bonds is 9. The average Bonchev–Trinajstić information content (AvgIpc) is 2.38. The molecule has 0 bridgehead atoms. The summed E-state index contributed by atoms with van der Waals surface area (Å²) in [6.45, 7) is 2.33. The van der Waals surface area contributed by atoms with Crippen LogP contribution in [0.4, 0.5) is 0 Å². The first kappa shape index (κ1) is 15.6. The number of hydrogen-bond acceptors (Lipinski definition) is 5. The Kier molecular flexibility index (Phi) is 7.74. The number of ketones is 1. The number of para-hydroxylation sites is 1. The summed E-state index contributed by atoms with van der Waals surface area (Å²) >= 11 is 1.65. The molecule has 0 N–H and O–H groups in total. The predicted octanol–water partition coefficient (Wildman–Crippen LogP) is 2.32. The van der Waals surface area contributed by atoms with Crippen LogP contribution < -0.4 is 4.74 Å². The molecule has 0 fully saturated rings. The van der Waals surface area contributed by atoms with E-state index in [2.05, 4.69) is 0 Å². The molecule has 5 heteroatoms. The van der Waals surface area contributed by atoms with Gasteiger partial charge in [0, 0.05) is 11.5 Å². The highest BCUT2D eigenvalue weighted by atomic mass is 32.2. The van der Waals surface area contributed by atoms with E-state index in [-0.39, 0.29) is 12.2 Å². The number of Topliss-reactive ketones (excluding diaryl/α,β-unsaturated/α-hetero) is 1. The van der Waals surface area contributed by atoms with Crippen molar-refractivity contribution in [2.45, 2.75) is 13.3 Å². The molecule has 19 heavy (non-hydrogen) atoms. The van der Waals surface area contributed by atoms with Crippen LogP contribution in [0.15, 0.2) is 30.3 Å². The van der Waals surface area contributed by atoms with Crippen molar-refractivity contribution in [3.05, 3.63) is 30.3 Å². The van der Waals surface area contributed by atoms with Gasteiger partial charge in [-0.05, 0) is 19.1 Å². The molecule has 1 rings (SSSR count). The van der Waals surface area contributed by atoms with Crippen molar-refractivity contribution >= 4 is 23.5 Å². The van der Waals surface area contributed by atoms with Crippen molar-refractivity contribution in [2.24, 2.45) is 0 Å². The Labute approximate surface area is 117 Å². The van der Waals surface area contributed by atoms with E-state index < -0.39 is 5.97 Å². The second-order valence-corrected chi connectivity index (χ2v) is 5.10. The minimum absolute atomic E-state index is 0.137. The van der Waals surface area contributed by atoms with Crippen molar-refractivity contribution in [3.8, 4) is 5.75 Å². The first-order valence-corrected chi connectivity index (χ1v) is 7.24. The standard InChI is InChI=1S/C14H18O4S/c1-12(15)11-14(16)18-8-10-19-9-7-17-13-5-3-2-4-6-13/h2-6H,7-11H2,1H3. The number of carbonyl (C=O) groups excluding carboxylic acids is 2. The quantitative estimate of drug-likeness (QED) is 0.395. The second-order valence-electron chi connectivity index (χ2n) is 3.87. The summed E-state index contributed by atoms with van der Waals surface area (Å²) in [5.41, 5.74) is 0. The first-order valence-electron chi connectivity index (χ1n) is 6.09. The molecule has 0 aliphatic rings. The van der Waals surface area contributed by atoms with Gasteiger partial charge in [0.25, 0.3) is 0 Å². The second kappa shape index (κ2) is 9.44. The Balaban J connectivity index is 1.94. The van der Waals surface area contributed by atoms with Crippen LogP contribution in [0.3, 0.4) is 0 Å². The van der Waals surface area contributed by atoms with Gasteiger partial charge in [-0.15, -0.1) is 0 Å². The van der Waals surface area contributed by atoms with Crippen molar-refractivity contribution in [3.63, 3.8) is 0 Å². The molecule has 1 aromatic rings. The van der Waals surface area contributed by atoms with E-state index in [0.717, 1.165) is 11.5 Å². The minimum Gasteiger partial charge on any atom is -0.493 e. The Bertz CT molecular complexity index is 392. The molecule has 104 valence electrons. The number of thioether (sulfide) groups is 1. The minimum atomic E-state index is -0.450. The molecule has 0 spiro atoms. The normalized spacial score (nSPS) is 9.95. The largest absolute Gasteiger partial charge is 0.493 e. The lowest BCUT2D eigenvalue weighted by atomic mass is 10.3. The summed E-state index contributed by atoms with van der Waals surface area (Å²) in [5.74, 6) is 1.78. The number of carbonyl (C=O) groups is 2. The van der Waals surface area contributed by atoms with Gasteiger partial charge in [-0.2, -0.15) is 11.8 Å². The van der Waals surface area contributed by atoms with E-state index >= 15 is 0 Å². The van der Waals surface area contributed by atoms with Crippen molar-refractivity contribution in [1.82, 2.24) is 0 Å². The maximum atomic E-state index is 11.1. The van der Waals surface area contributed by atoms with Gasteiger partial charge in [-0.1, -0.05) is 18.2 Å². The smallest absolute Gasteiger partial charge is 0.313 e. The van der Waals surface area contributed by atoms with Gasteiger partial charge in [0.1, 0.15) is 24.6 Å². The Morgan fingerprint density at radius 1 is 1.11 bits per heavy atom. The van der Waals surface area contributed by atoms with Crippen molar-refractivity contribution in [1.29, 1.82) is 0 Å². The van der Waals surface area contributed by atoms with E-state index in [1.54, 1.807) is 11.8 Å². The van der Waals surface area contributed by atoms with Gasteiger partial charge in [0.15, 0.2) is 0 Å². The van der Waals surface area contributed by atoms with Gasteiger partial charge >= 0.3 is 5.97 Å². The summed E-state index contributed by atoms with van der Waals surface area (Å²) in [6.07, 6.45) is -0.137. The third-order valence-electron chi connectivity index (χ3n) is 2.12. The van der Waals surface area contributed by atoms with E-state index in [9.17, 15) is 9.59 Å². The van der Waals surface area contributed by atoms with E-state index in [1.807, 2.05) is 30.3 Å². The lowest BCUT2D eigenvalue weighted by molar-refractivity contribution is -0.145. The highest BCUT2D eigenvalue weighted by molar-refractivity contribution is 7.99. The third kappa shape index (κ3) is 8.26. The molecule has 0 aliphatic heterocycles. The van der Waals surface area contributed by atoms with Crippen LogP contribution in [0.5, 0.6) is 5.75 Å². The van der Waals surface area contributed by atoms with Crippen LogP contribution in [0.1, 0.15) is 13.3 Å². The zero-order valence-corrected chi connectivity index (χ0v) is 11.8. The molecule has 0 aliphatic carbocycles. The summed E-state index contributed by atoms with van der Waals surface area (Å²) in [5, 5.41) is 0. The fourth-order valence-corrected chi connectivity index (χ4v) is 1.91. The van der Waals surface area contributed by atoms with Gasteiger partial charge in [0.2, 0.25) is 0 Å². The van der Waals surface area contributed by atoms with Crippen LogP contribution in [0.25, 0.3) is 0 Å². The highest BCUT2D eigenvalue weighted by Gasteiger charge is 2.05. The van der Waals surface area contributed by atoms with Crippen molar-refractivity contribution < 1.29 is 19.1 Å². The zero-order chi connectivity index (χ0) is 13.9. The molecular formula is C14H18O4S. The third-order valence-corrected chi connectivity index (χ3v) is 3.03. The molecule has 0 aromatic heterocycles. The fourth-order valence-electron chi connectivity index (χ4n) is 1.31. The lowest BCUT2D eigenvalue weighted by Gasteiger charge is -2.06. The van der Waals surface area contributed by atoms with Gasteiger partial charge < -0.3 is 9.47 Å². The van der Waals surface area contributed by atoms with Gasteiger partial charge in [0.05, 0.1) is 6.61 Å². The van der Waals surface area contributed by atoms with Gasteiger partial charge in [-0.25, -0.2) is 0 Å². The molecule has 4 nitrogen and oxygen atoms in total. The van der Waals surface area contributed by atoms with Crippen LogP contribution in [0.2, 0.25) is 0 Å². The first-order chi connectivity index (χ1) is 9.18. The maximum Gasteiger partial charge on any atom is 0.313 e. The summed E-state index contributed by atoms with van der Waals surface area (Å²) in [7, 11) is 0. The topological polar surface area (TPSA) is 52.6 Å². The average molecular weight is 282 g/mol. The Morgan fingerprint density at radius 2 is 1.79 bits per heavy atom. The SMILES string of the molecule is CC(=O)CC(=O)OCCSCCOc1ccccc1. The Hall–Kier alpha value is -1.49. The molecule has 0 saturated heterocycles. The lowest BCUT2D eigenvalue weighted by Crippen LogP contribution is -2.11. The molecule has 0 amide bonds. The van der Waals surface area contributed by atoms with Crippen LogP contribution in [-0.4, -0.2) is 36.5 Å². The summed E-state index contributed by atoms with van der Waals surface area (Å²) in [4.78, 5) is 21.7. The molecule has 1 aromatic carbocycles. The molecule has 0 radical (unpaired) electrons. The van der Waals surface area contributed by atoms with Crippen LogP contribution >= 0.6 is 11.8 Å². The number of ether oxygens (including phenoxy) is 2. The maximum absolute atomic E-state index is 11.1. The molecule has 0 unspecified atom stereocenters. The molecule has 0 saturated carbocycles. The van der Waals surface area contributed by atoms with E-state index in [0.29, 0.717) is 19.0 Å². The molecule has 0 heterocycles. The predicted molar refractivity (Wildman–Crippen MR) is 75.5 cm³/mol. The number of esters is 1. The fraction of sp³-hybridized carbons (Fsp3) is 0.429. The molecular weight excluding hydrogens is 264 g/mol. The van der Waals surface area contributed by atoms with Crippen LogP contribution in [0, 0.1) is 0 Å². The summed E-state index contributed by atoms with van der Waals surface area (Å²) in [6, 6.07) is 9.62. The van der Waals surface area contributed by atoms with E-state index in [1.165, 1.54) is 6.92 Å². The van der Waals surface area contributed by atoms with Gasteiger partial charge in [-0.3, -0.25) is 9.59 Å². The number of hydrogen-bond donors (Lipinski definition) is 0. The molecule has 0 atom stereocenters. The van der Waals surface area contributed by atoms with Crippen LogP contribution in [-0.2, 0) is 14.3 Å². The van der Waals surface area contributed by atoms with E-state index in [4.69, 9.17) is 9.47 Å². The number of benzene rings is 1.